The van der Waals surface area contributed by atoms with Crippen molar-refractivity contribution in [3.05, 3.63) is 71.1 Å². The monoisotopic (exact) mass is 423 g/mol. The highest BCUT2D eigenvalue weighted by molar-refractivity contribution is 8.19. The Balaban J connectivity index is 1.78. The van der Waals surface area contributed by atoms with Crippen LogP contribution in [0, 0.1) is 0 Å². The van der Waals surface area contributed by atoms with Crippen LogP contribution in [0.1, 0.15) is 10.4 Å². The van der Waals surface area contributed by atoms with Gasteiger partial charge in [0, 0.05) is 11.6 Å². The van der Waals surface area contributed by atoms with Gasteiger partial charge in [-0.15, -0.1) is 0 Å². The molecular formula is C20H13N3O4S2. The third-order valence-corrected chi connectivity index (χ3v) is 5.94. The van der Waals surface area contributed by atoms with Gasteiger partial charge in [-0.3, -0.25) is 9.59 Å². The van der Waals surface area contributed by atoms with Crippen LogP contribution >= 0.6 is 23.1 Å². The summed E-state index contributed by atoms with van der Waals surface area (Å²) in [7, 11) is 1.22. The van der Waals surface area contributed by atoms with Gasteiger partial charge in [0.25, 0.3) is 11.8 Å². The van der Waals surface area contributed by atoms with E-state index >= 15 is 0 Å². The van der Waals surface area contributed by atoms with Crippen molar-refractivity contribution in [1.82, 2.24) is 4.98 Å². The Bertz CT molecular complexity index is 1150. The predicted molar refractivity (Wildman–Crippen MR) is 113 cm³/mol. The SMILES string of the molecule is COC(=O)/C=C1\S/C(=N\C(=O)c2ccccc2)N(c2nc3ccccc3s2)C1=O. The molecule has 1 aliphatic heterocycles. The van der Waals surface area contributed by atoms with Gasteiger partial charge in [0.05, 0.1) is 22.2 Å². The quantitative estimate of drug-likeness (QED) is 0.472. The molecular weight excluding hydrogens is 410 g/mol. The second kappa shape index (κ2) is 7.98. The molecule has 7 nitrogen and oxygen atoms in total. The molecule has 4 rings (SSSR count). The first-order valence-electron chi connectivity index (χ1n) is 8.42. The minimum Gasteiger partial charge on any atom is -0.466 e. The van der Waals surface area contributed by atoms with Crippen molar-refractivity contribution in [3.63, 3.8) is 0 Å². The smallest absolute Gasteiger partial charge is 0.331 e. The largest absolute Gasteiger partial charge is 0.466 e. The molecule has 0 atom stereocenters. The number of thiazole rings is 1. The van der Waals surface area contributed by atoms with Gasteiger partial charge >= 0.3 is 5.97 Å². The zero-order valence-electron chi connectivity index (χ0n) is 15.1. The molecule has 0 aliphatic carbocycles. The number of carbonyl (C=O) groups excluding carboxylic acids is 3. The molecule has 9 heteroatoms. The molecule has 1 saturated heterocycles. The summed E-state index contributed by atoms with van der Waals surface area (Å²) in [6, 6.07) is 16.0. The minimum atomic E-state index is -0.666. The molecule has 1 aliphatic rings. The number of fused-ring (bicyclic) bond motifs is 1. The molecule has 0 unspecified atom stereocenters. The molecule has 2 amide bonds. The summed E-state index contributed by atoms with van der Waals surface area (Å²) in [6.45, 7) is 0. The van der Waals surface area contributed by atoms with Crippen LogP contribution in [0.15, 0.2) is 70.6 Å². The van der Waals surface area contributed by atoms with Gasteiger partial charge in [-0.2, -0.15) is 4.99 Å². The lowest BCUT2D eigenvalue weighted by atomic mass is 10.2. The molecule has 2 heterocycles. The van der Waals surface area contributed by atoms with Gasteiger partial charge in [-0.1, -0.05) is 41.7 Å². The normalized spacial score (nSPS) is 16.7. The molecule has 1 aromatic heterocycles. The topological polar surface area (TPSA) is 88.9 Å². The number of aromatic nitrogens is 1. The second-order valence-corrected chi connectivity index (χ2v) is 7.82. The molecule has 0 bridgehead atoms. The van der Waals surface area contributed by atoms with Crippen molar-refractivity contribution in [2.24, 2.45) is 4.99 Å². The summed E-state index contributed by atoms with van der Waals surface area (Å²) >= 11 is 2.23. The van der Waals surface area contributed by atoms with E-state index in [4.69, 9.17) is 0 Å². The Kier molecular flexibility index (Phi) is 5.24. The van der Waals surface area contributed by atoms with Crippen molar-refractivity contribution in [3.8, 4) is 0 Å². The van der Waals surface area contributed by atoms with Crippen LogP contribution < -0.4 is 4.90 Å². The average molecular weight is 423 g/mol. The number of esters is 1. The number of hydrogen-bond donors (Lipinski definition) is 0. The first-order valence-corrected chi connectivity index (χ1v) is 10.1. The lowest BCUT2D eigenvalue weighted by Crippen LogP contribution is -2.29. The predicted octanol–water partition coefficient (Wildman–Crippen LogP) is 3.63. The number of rotatable bonds is 3. The Hall–Kier alpha value is -3.30. The molecule has 0 N–H and O–H groups in total. The fourth-order valence-corrected chi connectivity index (χ4v) is 4.51. The van der Waals surface area contributed by atoms with Crippen molar-refractivity contribution in [2.45, 2.75) is 0 Å². The number of nitrogens with zero attached hydrogens (tertiary/aromatic N) is 3. The number of carbonyl (C=O) groups is 3. The zero-order chi connectivity index (χ0) is 20.4. The van der Waals surface area contributed by atoms with E-state index in [-0.39, 0.29) is 10.1 Å². The molecule has 0 radical (unpaired) electrons. The highest BCUT2D eigenvalue weighted by atomic mass is 32.2. The Morgan fingerprint density at radius 1 is 1.10 bits per heavy atom. The lowest BCUT2D eigenvalue weighted by molar-refractivity contribution is -0.135. The average Bonchev–Trinajstić information content (AvgIpc) is 3.29. The summed E-state index contributed by atoms with van der Waals surface area (Å²) in [6.07, 6.45) is 1.09. The highest BCUT2D eigenvalue weighted by Crippen LogP contribution is 2.38. The van der Waals surface area contributed by atoms with Crippen LogP contribution in [0.2, 0.25) is 0 Å². The van der Waals surface area contributed by atoms with Crippen LogP contribution in [0.3, 0.4) is 0 Å². The van der Waals surface area contributed by atoms with Gasteiger partial charge in [-0.05, 0) is 36.0 Å². The van der Waals surface area contributed by atoms with Crippen molar-refractivity contribution >= 4 is 61.4 Å². The van der Waals surface area contributed by atoms with E-state index in [1.54, 1.807) is 30.3 Å². The first kappa shape index (κ1) is 19.0. The van der Waals surface area contributed by atoms with Gasteiger partial charge < -0.3 is 4.74 Å². The van der Waals surface area contributed by atoms with E-state index in [9.17, 15) is 14.4 Å². The van der Waals surface area contributed by atoms with Gasteiger partial charge in [0.2, 0.25) is 0 Å². The summed E-state index contributed by atoms with van der Waals surface area (Å²) in [4.78, 5) is 47.2. The van der Waals surface area contributed by atoms with Gasteiger partial charge in [-0.25, -0.2) is 14.7 Å². The van der Waals surface area contributed by atoms with E-state index in [0.717, 1.165) is 28.1 Å². The number of ether oxygens (including phenoxy) is 1. The number of amides is 2. The molecule has 0 spiro atoms. The maximum Gasteiger partial charge on any atom is 0.331 e. The minimum absolute atomic E-state index is 0.107. The number of anilines is 1. The van der Waals surface area contributed by atoms with E-state index in [1.807, 2.05) is 24.3 Å². The maximum absolute atomic E-state index is 13.0. The number of methoxy groups -OCH3 is 1. The third-order valence-electron chi connectivity index (χ3n) is 3.95. The Morgan fingerprint density at radius 3 is 2.55 bits per heavy atom. The van der Waals surface area contributed by atoms with E-state index in [1.165, 1.54) is 23.3 Å². The maximum atomic E-state index is 13.0. The number of benzene rings is 2. The molecule has 2 aromatic carbocycles. The van der Waals surface area contributed by atoms with E-state index in [0.29, 0.717) is 10.7 Å². The second-order valence-electron chi connectivity index (χ2n) is 5.80. The molecule has 29 heavy (non-hydrogen) atoms. The van der Waals surface area contributed by atoms with Crippen molar-refractivity contribution in [2.75, 3.05) is 12.0 Å². The standard InChI is InChI=1S/C20H13N3O4S2/c1-27-16(24)11-15-18(26)23(19-21-13-9-5-6-10-14(13)28-19)20(29-15)22-17(25)12-7-3-2-4-8-12/h2-11H,1H3/b15-11-,22-20-. The van der Waals surface area contributed by atoms with E-state index in [2.05, 4.69) is 14.7 Å². The summed E-state index contributed by atoms with van der Waals surface area (Å²) in [5.41, 5.74) is 1.12. The number of hydrogen-bond acceptors (Lipinski definition) is 7. The van der Waals surface area contributed by atoms with Gasteiger partial charge in [0.15, 0.2) is 10.3 Å². The van der Waals surface area contributed by atoms with Gasteiger partial charge in [0.1, 0.15) is 0 Å². The van der Waals surface area contributed by atoms with Crippen LogP contribution in [0.5, 0.6) is 0 Å². The number of aliphatic imine (C=N–C) groups is 1. The van der Waals surface area contributed by atoms with Crippen molar-refractivity contribution < 1.29 is 19.1 Å². The van der Waals surface area contributed by atoms with Crippen LogP contribution in [0.4, 0.5) is 5.13 Å². The van der Waals surface area contributed by atoms with E-state index < -0.39 is 17.8 Å². The Labute approximate surface area is 173 Å². The summed E-state index contributed by atoms with van der Waals surface area (Å²) in [5, 5.41) is 0.509. The lowest BCUT2D eigenvalue weighted by Gasteiger charge is -2.10. The number of para-hydroxylation sites is 1. The number of amidine groups is 1. The van der Waals surface area contributed by atoms with Crippen LogP contribution in [0.25, 0.3) is 10.2 Å². The molecule has 3 aromatic rings. The van der Waals surface area contributed by atoms with Crippen LogP contribution in [-0.4, -0.2) is 35.0 Å². The summed E-state index contributed by atoms with van der Waals surface area (Å²) in [5.74, 6) is -1.65. The zero-order valence-corrected chi connectivity index (χ0v) is 16.7. The fourth-order valence-electron chi connectivity index (χ4n) is 2.57. The number of thioether (sulfide) groups is 1. The fraction of sp³-hybridized carbons (Fsp3) is 0.0500. The summed E-state index contributed by atoms with van der Waals surface area (Å²) < 4.78 is 5.50. The van der Waals surface area contributed by atoms with Crippen molar-refractivity contribution in [1.29, 1.82) is 0 Å². The first-order chi connectivity index (χ1) is 14.1. The Morgan fingerprint density at radius 2 is 1.83 bits per heavy atom. The molecule has 144 valence electrons. The third kappa shape index (κ3) is 3.82. The molecule has 0 saturated carbocycles. The molecule has 1 fully saturated rings. The highest BCUT2D eigenvalue weighted by Gasteiger charge is 2.37. The van der Waals surface area contributed by atoms with Crippen LogP contribution in [-0.2, 0) is 14.3 Å².